The lowest BCUT2D eigenvalue weighted by Gasteiger charge is -2.12. The van der Waals surface area contributed by atoms with Crippen molar-refractivity contribution >= 4 is 40.7 Å². The van der Waals surface area contributed by atoms with Crippen LogP contribution in [0.5, 0.6) is 11.5 Å². The third-order valence-electron chi connectivity index (χ3n) is 3.70. The first-order chi connectivity index (χ1) is 13.0. The maximum absolute atomic E-state index is 12.1. The van der Waals surface area contributed by atoms with Crippen molar-refractivity contribution in [2.75, 3.05) is 0 Å². The summed E-state index contributed by atoms with van der Waals surface area (Å²) >= 11 is 12.0. The van der Waals surface area contributed by atoms with Crippen LogP contribution in [-0.4, -0.2) is 26.9 Å². The van der Waals surface area contributed by atoms with E-state index in [9.17, 15) is 30.3 Å². The summed E-state index contributed by atoms with van der Waals surface area (Å²) in [6, 6.07) is 1.42. The maximum atomic E-state index is 12.1. The van der Waals surface area contributed by atoms with Gasteiger partial charge in [-0.3, -0.25) is 10.1 Å². The van der Waals surface area contributed by atoms with E-state index in [1.54, 1.807) is 0 Å². The van der Waals surface area contributed by atoms with Crippen LogP contribution < -0.4 is 10.5 Å². The smallest absolute Gasteiger partial charge is 0.366 e. The quantitative estimate of drug-likeness (QED) is 0.0758. The second-order valence-corrected chi connectivity index (χ2v) is 6.20. The predicted octanol–water partition coefficient (Wildman–Crippen LogP) is 2.04. The Morgan fingerprint density at radius 3 is 2.50 bits per heavy atom. The number of nitro benzene ring substituents is 1. The van der Waals surface area contributed by atoms with Crippen molar-refractivity contribution < 1.29 is 29.5 Å². The average molecular weight is 431 g/mol. The van der Waals surface area contributed by atoms with E-state index < -0.39 is 39.5 Å². The fraction of sp³-hybridized carbons (Fsp3) is 0.133. The number of phenols is 2. The number of oxime groups is 1. The molecule has 0 aliphatic carbocycles. The highest BCUT2D eigenvalue weighted by molar-refractivity contribution is 6.35. The van der Waals surface area contributed by atoms with Gasteiger partial charge in [-0.2, -0.15) is 4.73 Å². The Kier molecular flexibility index (Phi) is 5.81. The number of halogens is 2. The highest BCUT2D eigenvalue weighted by Crippen LogP contribution is 2.36. The minimum absolute atomic E-state index is 0.0698. The fourth-order valence-corrected chi connectivity index (χ4v) is 2.76. The molecule has 2 rings (SSSR count). The number of aromatic nitrogens is 1. The van der Waals surface area contributed by atoms with Gasteiger partial charge in [-0.1, -0.05) is 16.8 Å². The van der Waals surface area contributed by atoms with Crippen molar-refractivity contribution in [2.45, 2.75) is 13.8 Å². The van der Waals surface area contributed by atoms with Crippen LogP contribution in [0.25, 0.3) is 0 Å². The summed E-state index contributed by atoms with van der Waals surface area (Å²) in [4.78, 5) is 26.5. The van der Waals surface area contributed by atoms with Gasteiger partial charge in [0.05, 0.1) is 10.5 Å². The van der Waals surface area contributed by atoms with Gasteiger partial charge in [-0.25, -0.2) is 4.79 Å². The van der Waals surface area contributed by atoms with Crippen molar-refractivity contribution in [2.24, 2.45) is 10.9 Å². The fourth-order valence-electron chi connectivity index (χ4n) is 2.22. The Labute approximate surface area is 166 Å². The number of hydrogen-bond donors (Lipinski definition) is 3. The van der Waals surface area contributed by atoms with Crippen molar-refractivity contribution in [1.29, 1.82) is 0 Å². The van der Waals surface area contributed by atoms with Crippen LogP contribution in [-0.2, 0) is 4.84 Å². The number of benzene rings is 1. The Morgan fingerprint density at radius 2 is 1.93 bits per heavy atom. The zero-order chi connectivity index (χ0) is 21.3. The standard InChI is InChI=1S/C15H12Cl2N4O7/c1-5-10(13(17)20(25)6(2)11(5)16)14(18)19-28-15(24)7-3-8(21(26)27)12(23)9(22)4-7/h3-4,22-23H,1-2H3,(H2,18,19). The summed E-state index contributed by atoms with van der Waals surface area (Å²) in [6.45, 7) is 2.96. The first kappa shape index (κ1) is 21.0. The minimum atomic E-state index is -1.23. The number of pyridine rings is 1. The van der Waals surface area contributed by atoms with E-state index in [1.807, 2.05) is 0 Å². The summed E-state index contributed by atoms with van der Waals surface area (Å²) in [5.41, 5.74) is 4.69. The number of rotatable bonds is 4. The zero-order valence-electron chi connectivity index (χ0n) is 14.3. The SMILES string of the molecule is Cc1c(Cl)c(C)[n+]([O-])c(Cl)c1/C(N)=N/OC(=O)c1cc(O)c(O)c([N+](=O)[O-])c1. The summed E-state index contributed by atoms with van der Waals surface area (Å²) in [7, 11) is 0. The van der Waals surface area contributed by atoms with Gasteiger partial charge in [0.1, 0.15) is 10.6 Å². The summed E-state index contributed by atoms with van der Waals surface area (Å²) < 4.78 is 0.317. The van der Waals surface area contributed by atoms with Gasteiger partial charge < -0.3 is 26.0 Å². The van der Waals surface area contributed by atoms with E-state index in [2.05, 4.69) is 9.99 Å². The molecule has 4 N–H and O–H groups in total. The Hall–Kier alpha value is -3.31. The molecule has 148 valence electrons. The van der Waals surface area contributed by atoms with Gasteiger partial charge >= 0.3 is 11.7 Å². The molecule has 0 spiro atoms. The van der Waals surface area contributed by atoms with Crippen molar-refractivity contribution in [3.05, 3.63) is 60.0 Å². The molecule has 0 unspecified atom stereocenters. The number of nitro groups is 1. The second-order valence-electron chi connectivity index (χ2n) is 5.46. The van der Waals surface area contributed by atoms with Crippen LogP contribution in [0.1, 0.15) is 27.2 Å². The molecule has 0 bridgehead atoms. The summed E-state index contributed by atoms with van der Waals surface area (Å²) in [5, 5.41) is 44.8. The largest absolute Gasteiger partial charge is 0.617 e. The Bertz CT molecular complexity index is 1010. The van der Waals surface area contributed by atoms with Gasteiger partial charge in [-0.15, -0.1) is 0 Å². The third kappa shape index (κ3) is 3.70. The molecule has 13 heteroatoms. The second kappa shape index (κ2) is 7.74. The maximum Gasteiger partial charge on any atom is 0.366 e. The molecule has 0 saturated carbocycles. The minimum Gasteiger partial charge on any atom is -0.617 e. The van der Waals surface area contributed by atoms with Crippen LogP contribution in [0.3, 0.4) is 0 Å². The molecular weight excluding hydrogens is 419 g/mol. The van der Waals surface area contributed by atoms with Crippen molar-refractivity contribution in [3.8, 4) is 11.5 Å². The molecule has 0 aliphatic heterocycles. The van der Waals surface area contributed by atoms with Crippen molar-refractivity contribution in [1.82, 2.24) is 0 Å². The zero-order valence-corrected chi connectivity index (χ0v) is 15.8. The van der Waals surface area contributed by atoms with Crippen LogP contribution in [0.15, 0.2) is 17.3 Å². The lowest BCUT2D eigenvalue weighted by atomic mass is 10.1. The van der Waals surface area contributed by atoms with Gasteiger partial charge in [0.25, 0.3) is 5.15 Å². The number of carbonyl (C=O) groups excluding carboxylic acids is 1. The van der Waals surface area contributed by atoms with Crippen LogP contribution in [0.4, 0.5) is 5.69 Å². The van der Waals surface area contributed by atoms with Crippen LogP contribution in [0, 0.1) is 29.2 Å². The predicted molar refractivity (Wildman–Crippen MR) is 97.5 cm³/mol. The molecule has 11 nitrogen and oxygen atoms in total. The summed E-state index contributed by atoms with van der Waals surface area (Å²) in [5.74, 6) is -3.61. The number of amidine groups is 1. The molecule has 0 amide bonds. The highest BCUT2D eigenvalue weighted by Gasteiger charge is 2.25. The van der Waals surface area contributed by atoms with E-state index in [4.69, 9.17) is 28.9 Å². The molecular formula is C15H12Cl2N4O7. The van der Waals surface area contributed by atoms with Crippen LogP contribution >= 0.6 is 23.2 Å². The molecule has 28 heavy (non-hydrogen) atoms. The molecule has 0 atom stereocenters. The van der Waals surface area contributed by atoms with Gasteiger partial charge in [0, 0.05) is 13.0 Å². The lowest BCUT2D eigenvalue weighted by Crippen LogP contribution is -2.36. The molecule has 0 radical (unpaired) electrons. The Morgan fingerprint density at radius 1 is 1.32 bits per heavy atom. The number of nitrogens with two attached hydrogens (primary N) is 1. The number of phenolic OH excluding ortho intramolecular Hbond substituents is 2. The van der Waals surface area contributed by atoms with Gasteiger partial charge in [-0.05, 0) is 30.2 Å². The molecule has 1 aromatic carbocycles. The van der Waals surface area contributed by atoms with E-state index in [0.717, 1.165) is 6.07 Å². The first-order valence-corrected chi connectivity index (χ1v) is 8.06. The number of carbonyl (C=O) groups is 1. The van der Waals surface area contributed by atoms with Gasteiger partial charge in [0.2, 0.25) is 11.4 Å². The molecule has 0 fully saturated rings. The van der Waals surface area contributed by atoms with Crippen LogP contribution in [0.2, 0.25) is 10.2 Å². The van der Waals surface area contributed by atoms with E-state index in [1.165, 1.54) is 13.8 Å². The average Bonchev–Trinajstić information content (AvgIpc) is 2.64. The molecule has 1 heterocycles. The molecule has 2 aromatic rings. The first-order valence-electron chi connectivity index (χ1n) is 7.30. The lowest BCUT2D eigenvalue weighted by molar-refractivity contribution is -0.610. The number of hydrogen-bond acceptors (Lipinski definition) is 8. The van der Waals surface area contributed by atoms with E-state index in [-0.39, 0.29) is 21.4 Å². The molecule has 0 aliphatic rings. The van der Waals surface area contributed by atoms with E-state index in [0.29, 0.717) is 16.4 Å². The monoisotopic (exact) mass is 430 g/mol. The number of nitrogens with zero attached hydrogens (tertiary/aromatic N) is 3. The van der Waals surface area contributed by atoms with Gasteiger partial charge in [0.15, 0.2) is 11.6 Å². The highest BCUT2D eigenvalue weighted by atomic mass is 35.5. The molecule has 1 aromatic heterocycles. The van der Waals surface area contributed by atoms with E-state index >= 15 is 0 Å². The molecule has 0 saturated heterocycles. The third-order valence-corrected chi connectivity index (χ3v) is 4.60. The topological polar surface area (TPSA) is 175 Å². The number of aromatic hydroxyl groups is 2. The summed E-state index contributed by atoms with van der Waals surface area (Å²) in [6.07, 6.45) is 0. The normalized spacial score (nSPS) is 11.4. The Balaban J connectivity index is 2.40. The van der Waals surface area contributed by atoms with Crippen molar-refractivity contribution in [3.63, 3.8) is 0 Å².